The molecular formula is C20H18N6O. The van der Waals surface area contributed by atoms with Crippen molar-refractivity contribution in [2.45, 2.75) is 19.3 Å². The number of nitriles is 1. The Morgan fingerprint density at radius 3 is 2.70 bits per heavy atom. The van der Waals surface area contributed by atoms with Crippen molar-refractivity contribution in [1.82, 2.24) is 20.2 Å². The topological polar surface area (TPSA) is 98.6 Å². The molecule has 7 nitrogen and oxygen atoms in total. The Kier molecular flexibility index (Phi) is 4.62. The third kappa shape index (κ3) is 3.55. The zero-order chi connectivity index (χ0) is 18.6. The van der Waals surface area contributed by atoms with Gasteiger partial charge in [0.05, 0.1) is 11.6 Å². The highest BCUT2D eigenvalue weighted by Crippen LogP contribution is 2.26. The molecule has 3 heterocycles. The van der Waals surface area contributed by atoms with E-state index < -0.39 is 0 Å². The third-order valence-corrected chi connectivity index (χ3v) is 4.78. The molecule has 1 aromatic carbocycles. The normalized spacial score (nSPS) is 16.9. The average Bonchev–Trinajstić information content (AvgIpc) is 3.21. The lowest BCUT2D eigenvalue weighted by Gasteiger charge is -2.30. The molecule has 1 amide bonds. The minimum atomic E-state index is -0.102. The summed E-state index contributed by atoms with van der Waals surface area (Å²) in [6.07, 6.45) is 5.79. The van der Waals surface area contributed by atoms with Crippen LogP contribution in [-0.4, -0.2) is 32.6 Å². The highest BCUT2D eigenvalue weighted by molar-refractivity contribution is 5.94. The molecule has 1 N–H and O–H groups in total. The van der Waals surface area contributed by atoms with Crippen LogP contribution in [-0.2, 0) is 11.2 Å². The maximum absolute atomic E-state index is 13.0. The zero-order valence-corrected chi connectivity index (χ0v) is 14.7. The molecular weight excluding hydrogens is 340 g/mol. The monoisotopic (exact) mass is 358 g/mol. The number of aromatic amines is 1. The number of nitrogens with zero attached hydrogens (tertiary/aromatic N) is 5. The van der Waals surface area contributed by atoms with Crippen LogP contribution >= 0.6 is 0 Å². The number of anilines is 1. The van der Waals surface area contributed by atoms with E-state index >= 15 is 0 Å². The molecule has 0 spiro atoms. The van der Waals surface area contributed by atoms with Crippen molar-refractivity contribution in [1.29, 1.82) is 5.26 Å². The molecule has 3 aromatic rings. The summed E-state index contributed by atoms with van der Waals surface area (Å²) < 4.78 is 0. The predicted molar refractivity (Wildman–Crippen MR) is 99.6 cm³/mol. The van der Waals surface area contributed by atoms with Crippen molar-refractivity contribution in [3.63, 3.8) is 0 Å². The van der Waals surface area contributed by atoms with Gasteiger partial charge in [-0.2, -0.15) is 10.2 Å². The summed E-state index contributed by atoms with van der Waals surface area (Å²) in [6, 6.07) is 13.2. The molecule has 0 saturated carbocycles. The van der Waals surface area contributed by atoms with Gasteiger partial charge in [-0.25, -0.2) is 0 Å². The van der Waals surface area contributed by atoms with E-state index in [2.05, 4.69) is 26.2 Å². The Bertz CT molecular complexity index is 974. The Balaban J connectivity index is 1.50. The number of H-pyrrole nitrogens is 1. The second-order valence-electron chi connectivity index (χ2n) is 6.56. The van der Waals surface area contributed by atoms with Crippen LogP contribution in [0, 0.1) is 17.2 Å². The summed E-state index contributed by atoms with van der Waals surface area (Å²) in [5.41, 5.74) is 2.56. The highest BCUT2D eigenvalue weighted by Gasteiger charge is 2.31. The lowest BCUT2D eigenvalue weighted by Crippen LogP contribution is -2.42. The van der Waals surface area contributed by atoms with Gasteiger partial charge in [-0.15, -0.1) is 5.10 Å². The first-order valence-corrected chi connectivity index (χ1v) is 8.88. The van der Waals surface area contributed by atoms with Gasteiger partial charge in [-0.3, -0.25) is 19.8 Å². The van der Waals surface area contributed by atoms with Gasteiger partial charge in [0.2, 0.25) is 5.91 Å². The number of pyridine rings is 1. The molecule has 134 valence electrons. The SMILES string of the molecule is N#Cc1ccc(C[C@@H]2CCCN(c3n[nH]c(-c4ccncc4)n3)C2=O)cc1. The van der Waals surface area contributed by atoms with Crippen molar-refractivity contribution in [3.8, 4) is 17.5 Å². The number of hydrogen-bond acceptors (Lipinski definition) is 5. The first-order valence-electron chi connectivity index (χ1n) is 8.88. The Hall–Kier alpha value is -3.53. The van der Waals surface area contributed by atoms with Crippen LogP contribution in [0.1, 0.15) is 24.0 Å². The van der Waals surface area contributed by atoms with E-state index in [9.17, 15) is 4.79 Å². The molecule has 0 radical (unpaired) electrons. The fourth-order valence-corrected chi connectivity index (χ4v) is 3.35. The fourth-order valence-electron chi connectivity index (χ4n) is 3.35. The maximum atomic E-state index is 13.0. The lowest BCUT2D eigenvalue weighted by atomic mass is 9.90. The Labute approximate surface area is 156 Å². The van der Waals surface area contributed by atoms with E-state index in [1.165, 1.54) is 0 Å². The van der Waals surface area contributed by atoms with E-state index in [-0.39, 0.29) is 11.8 Å². The van der Waals surface area contributed by atoms with Gasteiger partial charge in [0.25, 0.3) is 5.95 Å². The van der Waals surface area contributed by atoms with Crippen LogP contribution in [0.4, 0.5) is 5.95 Å². The van der Waals surface area contributed by atoms with E-state index in [0.717, 1.165) is 24.0 Å². The van der Waals surface area contributed by atoms with E-state index in [1.54, 1.807) is 29.4 Å². The smallest absolute Gasteiger partial charge is 0.251 e. The van der Waals surface area contributed by atoms with Crippen LogP contribution in [0.3, 0.4) is 0 Å². The van der Waals surface area contributed by atoms with Crippen LogP contribution in [0.25, 0.3) is 11.4 Å². The standard InChI is InChI=1S/C20H18N6O/c21-13-15-5-3-14(4-6-15)12-17-2-1-11-26(19(17)27)20-23-18(24-25-20)16-7-9-22-10-8-16/h3-10,17H,1-2,11-12H2,(H,23,24,25)/t17-/m0/s1. The number of nitrogens with one attached hydrogen (secondary N) is 1. The van der Waals surface area contributed by atoms with Crippen LogP contribution in [0.2, 0.25) is 0 Å². The van der Waals surface area contributed by atoms with Gasteiger partial charge >= 0.3 is 0 Å². The molecule has 0 aliphatic carbocycles. The molecule has 0 unspecified atom stereocenters. The molecule has 7 heteroatoms. The average molecular weight is 358 g/mol. The van der Waals surface area contributed by atoms with Crippen LogP contribution in [0.5, 0.6) is 0 Å². The van der Waals surface area contributed by atoms with Gasteiger partial charge < -0.3 is 0 Å². The predicted octanol–water partition coefficient (Wildman–Crippen LogP) is 2.72. The van der Waals surface area contributed by atoms with Crippen molar-refractivity contribution in [2.75, 3.05) is 11.4 Å². The minimum absolute atomic E-state index is 0.0471. The number of hydrogen-bond donors (Lipinski definition) is 1. The molecule has 1 aliphatic rings. The zero-order valence-electron chi connectivity index (χ0n) is 14.7. The number of carbonyl (C=O) groups is 1. The fraction of sp³-hybridized carbons (Fsp3) is 0.250. The molecule has 2 aromatic heterocycles. The second kappa shape index (κ2) is 7.38. The lowest BCUT2D eigenvalue weighted by molar-refractivity contribution is -0.123. The largest absolute Gasteiger partial charge is 0.279 e. The number of rotatable bonds is 4. The van der Waals surface area contributed by atoms with E-state index in [0.29, 0.717) is 30.3 Å². The third-order valence-electron chi connectivity index (χ3n) is 4.78. The minimum Gasteiger partial charge on any atom is -0.279 e. The molecule has 1 atom stereocenters. The van der Waals surface area contributed by atoms with Gasteiger partial charge in [0, 0.05) is 30.4 Å². The maximum Gasteiger partial charge on any atom is 0.251 e. The van der Waals surface area contributed by atoms with Gasteiger partial charge in [-0.1, -0.05) is 12.1 Å². The van der Waals surface area contributed by atoms with Crippen LogP contribution < -0.4 is 4.90 Å². The first kappa shape index (κ1) is 16.9. The molecule has 4 rings (SSSR count). The number of carbonyl (C=O) groups excluding carboxylic acids is 1. The Morgan fingerprint density at radius 1 is 1.19 bits per heavy atom. The summed E-state index contributed by atoms with van der Waals surface area (Å²) in [4.78, 5) is 23.1. The number of piperidine rings is 1. The first-order chi connectivity index (χ1) is 13.2. The highest BCUT2D eigenvalue weighted by atomic mass is 16.2. The van der Waals surface area contributed by atoms with Crippen molar-refractivity contribution < 1.29 is 4.79 Å². The van der Waals surface area contributed by atoms with Crippen molar-refractivity contribution >= 4 is 11.9 Å². The summed E-state index contributed by atoms with van der Waals surface area (Å²) >= 11 is 0. The number of amides is 1. The van der Waals surface area contributed by atoms with Gasteiger partial charge in [0.1, 0.15) is 0 Å². The van der Waals surface area contributed by atoms with Crippen molar-refractivity contribution in [2.24, 2.45) is 5.92 Å². The molecule has 1 saturated heterocycles. The van der Waals surface area contributed by atoms with Crippen molar-refractivity contribution in [3.05, 3.63) is 59.9 Å². The molecule has 1 aliphatic heterocycles. The quantitative estimate of drug-likeness (QED) is 0.773. The number of aromatic nitrogens is 4. The summed E-state index contributed by atoms with van der Waals surface area (Å²) in [5.74, 6) is 0.978. The van der Waals surface area contributed by atoms with Gasteiger partial charge in [0.15, 0.2) is 5.82 Å². The van der Waals surface area contributed by atoms with Gasteiger partial charge in [-0.05, 0) is 49.1 Å². The van der Waals surface area contributed by atoms with E-state index in [1.807, 2.05) is 24.3 Å². The summed E-state index contributed by atoms with van der Waals surface area (Å²) in [5, 5.41) is 16.1. The number of benzene rings is 1. The Morgan fingerprint density at radius 2 is 1.96 bits per heavy atom. The second-order valence-corrected chi connectivity index (χ2v) is 6.56. The van der Waals surface area contributed by atoms with Crippen LogP contribution in [0.15, 0.2) is 48.8 Å². The summed E-state index contributed by atoms with van der Waals surface area (Å²) in [7, 11) is 0. The van der Waals surface area contributed by atoms with E-state index in [4.69, 9.17) is 5.26 Å². The molecule has 27 heavy (non-hydrogen) atoms. The molecule has 1 fully saturated rings. The summed E-state index contributed by atoms with van der Waals surface area (Å²) in [6.45, 7) is 0.621. The molecule has 0 bridgehead atoms.